The number of nitrogen functional groups attached to an aromatic ring is 1. The molecule has 0 bridgehead atoms. The first kappa shape index (κ1) is 12.5. The second-order valence-corrected chi connectivity index (χ2v) is 4.44. The van der Waals surface area contributed by atoms with Crippen molar-refractivity contribution in [3.8, 4) is 0 Å². The Labute approximate surface area is 107 Å². The SMILES string of the molecule is CCCn1nc(C)c(N)c1NCc1ccc(C)o1. The molecule has 0 saturated carbocycles. The molecular formula is C13H20N4O. The molecule has 2 aromatic rings. The van der Waals surface area contributed by atoms with Crippen molar-refractivity contribution in [3.05, 3.63) is 29.3 Å². The minimum Gasteiger partial charge on any atom is -0.465 e. The predicted octanol–water partition coefficient (Wildman–Crippen LogP) is 2.70. The Kier molecular flexibility index (Phi) is 3.60. The standard InChI is InChI=1S/C13H20N4O/c1-4-7-17-13(12(14)10(3)16-17)15-8-11-6-5-9(2)18-11/h5-6,15H,4,7-8,14H2,1-3H3. The van der Waals surface area contributed by atoms with Crippen LogP contribution in [0.1, 0.15) is 30.6 Å². The van der Waals surface area contributed by atoms with Crippen molar-refractivity contribution < 1.29 is 4.42 Å². The van der Waals surface area contributed by atoms with Gasteiger partial charge in [-0.25, -0.2) is 4.68 Å². The van der Waals surface area contributed by atoms with E-state index in [2.05, 4.69) is 17.3 Å². The summed E-state index contributed by atoms with van der Waals surface area (Å²) in [5, 5.41) is 7.71. The van der Waals surface area contributed by atoms with E-state index in [1.807, 2.05) is 30.7 Å². The largest absolute Gasteiger partial charge is 0.465 e. The number of aromatic nitrogens is 2. The van der Waals surface area contributed by atoms with E-state index in [4.69, 9.17) is 10.2 Å². The molecule has 0 saturated heterocycles. The number of furan rings is 1. The maximum Gasteiger partial charge on any atom is 0.148 e. The molecule has 0 atom stereocenters. The van der Waals surface area contributed by atoms with Gasteiger partial charge in [-0.15, -0.1) is 0 Å². The normalized spacial score (nSPS) is 10.8. The summed E-state index contributed by atoms with van der Waals surface area (Å²) < 4.78 is 7.44. The van der Waals surface area contributed by atoms with Crippen LogP contribution in [0.25, 0.3) is 0 Å². The Morgan fingerprint density at radius 2 is 2.17 bits per heavy atom. The fourth-order valence-electron chi connectivity index (χ4n) is 1.91. The monoisotopic (exact) mass is 248 g/mol. The third-order valence-corrected chi connectivity index (χ3v) is 2.84. The van der Waals surface area contributed by atoms with E-state index in [0.29, 0.717) is 12.2 Å². The van der Waals surface area contributed by atoms with Gasteiger partial charge < -0.3 is 15.5 Å². The Bertz CT molecular complexity index is 527. The molecule has 5 nitrogen and oxygen atoms in total. The minimum atomic E-state index is 0.618. The lowest BCUT2D eigenvalue weighted by Gasteiger charge is -2.08. The number of nitrogens with zero attached hydrogens (tertiary/aromatic N) is 2. The summed E-state index contributed by atoms with van der Waals surface area (Å²) >= 11 is 0. The molecule has 0 aliphatic heterocycles. The molecule has 98 valence electrons. The van der Waals surface area contributed by atoms with Crippen LogP contribution in [0.5, 0.6) is 0 Å². The lowest BCUT2D eigenvalue weighted by Crippen LogP contribution is -2.08. The van der Waals surface area contributed by atoms with Gasteiger partial charge in [-0.2, -0.15) is 5.10 Å². The molecule has 18 heavy (non-hydrogen) atoms. The van der Waals surface area contributed by atoms with Crippen molar-refractivity contribution in [1.29, 1.82) is 0 Å². The van der Waals surface area contributed by atoms with E-state index in [1.54, 1.807) is 0 Å². The number of aryl methyl sites for hydroxylation is 3. The van der Waals surface area contributed by atoms with Crippen LogP contribution in [0, 0.1) is 13.8 Å². The highest BCUT2D eigenvalue weighted by molar-refractivity contribution is 5.64. The van der Waals surface area contributed by atoms with Crippen LogP contribution in [0.15, 0.2) is 16.5 Å². The van der Waals surface area contributed by atoms with Crippen LogP contribution >= 0.6 is 0 Å². The van der Waals surface area contributed by atoms with Gasteiger partial charge in [-0.05, 0) is 32.4 Å². The summed E-state index contributed by atoms with van der Waals surface area (Å²) in [6.07, 6.45) is 1.02. The Morgan fingerprint density at radius 1 is 1.39 bits per heavy atom. The molecule has 3 N–H and O–H groups in total. The molecule has 2 heterocycles. The molecule has 0 amide bonds. The summed E-state index contributed by atoms with van der Waals surface area (Å²) in [5.74, 6) is 2.69. The number of hydrogen-bond acceptors (Lipinski definition) is 4. The van der Waals surface area contributed by atoms with Gasteiger partial charge in [0.25, 0.3) is 0 Å². The van der Waals surface area contributed by atoms with Crippen molar-refractivity contribution in [2.45, 2.75) is 40.3 Å². The highest BCUT2D eigenvalue weighted by Gasteiger charge is 2.12. The molecule has 0 unspecified atom stereocenters. The van der Waals surface area contributed by atoms with Crippen molar-refractivity contribution in [2.75, 3.05) is 11.1 Å². The summed E-state index contributed by atoms with van der Waals surface area (Å²) in [4.78, 5) is 0. The molecule has 2 rings (SSSR count). The van der Waals surface area contributed by atoms with Crippen LogP contribution in [-0.4, -0.2) is 9.78 Å². The van der Waals surface area contributed by atoms with E-state index in [0.717, 1.165) is 36.0 Å². The number of nitrogens with one attached hydrogen (secondary N) is 1. The van der Waals surface area contributed by atoms with E-state index < -0.39 is 0 Å². The predicted molar refractivity (Wildman–Crippen MR) is 72.4 cm³/mol. The average molecular weight is 248 g/mol. The molecule has 0 radical (unpaired) electrons. The van der Waals surface area contributed by atoms with Crippen molar-refractivity contribution >= 4 is 11.5 Å². The Hall–Kier alpha value is -1.91. The zero-order valence-corrected chi connectivity index (χ0v) is 11.2. The number of nitrogens with two attached hydrogens (primary N) is 1. The molecule has 5 heteroatoms. The maximum atomic E-state index is 6.03. The van der Waals surface area contributed by atoms with Gasteiger partial charge in [0.1, 0.15) is 17.3 Å². The maximum absolute atomic E-state index is 6.03. The smallest absolute Gasteiger partial charge is 0.148 e. The molecule has 2 aromatic heterocycles. The quantitative estimate of drug-likeness (QED) is 0.853. The van der Waals surface area contributed by atoms with Crippen molar-refractivity contribution in [1.82, 2.24) is 9.78 Å². The summed E-state index contributed by atoms with van der Waals surface area (Å²) in [5.41, 5.74) is 7.60. The lowest BCUT2D eigenvalue weighted by atomic mass is 10.3. The molecule has 0 fully saturated rings. The first-order chi connectivity index (χ1) is 8.61. The van der Waals surface area contributed by atoms with Crippen LogP contribution in [-0.2, 0) is 13.1 Å². The van der Waals surface area contributed by atoms with Crippen LogP contribution < -0.4 is 11.1 Å². The van der Waals surface area contributed by atoms with Crippen LogP contribution in [0.4, 0.5) is 11.5 Å². The van der Waals surface area contributed by atoms with Gasteiger partial charge in [0, 0.05) is 6.54 Å². The van der Waals surface area contributed by atoms with Gasteiger partial charge in [0.2, 0.25) is 0 Å². The summed E-state index contributed by atoms with van der Waals surface area (Å²) in [7, 11) is 0. The van der Waals surface area contributed by atoms with Crippen LogP contribution in [0.3, 0.4) is 0 Å². The second-order valence-electron chi connectivity index (χ2n) is 4.44. The molecule has 0 aliphatic rings. The van der Waals surface area contributed by atoms with Gasteiger partial charge in [-0.1, -0.05) is 6.92 Å². The molecule has 0 aromatic carbocycles. The van der Waals surface area contributed by atoms with Gasteiger partial charge in [-0.3, -0.25) is 0 Å². The van der Waals surface area contributed by atoms with E-state index in [1.165, 1.54) is 0 Å². The van der Waals surface area contributed by atoms with E-state index >= 15 is 0 Å². The molecular weight excluding hydrogens is 228 g/mol. The van der Waals surface area contributed by atoms with Gasteiger partial charge in [0.05, 0.1) is 17.9 Å². The fraction of sp³-hybridized carbons (Fsp3) is 0.462. The van der Waals surface area contributed by atoms with Gasteiger partial charge in [0.15, 0.2) is 0 Å². The highest BCUT2D eigenvalue weighted by Crippen LogP contribution is 2.23. The van der Waals surface area contributed by atoms with Crippen molar-refractivity contribution in [2.24, 2.45) is 0 Å². The van der Waals surface area contributed by atoms with Gasteiger partial charge >= 0.3 is 0 Å². The third-order valence-electron chi connectivity index (χ3n) is 2.84. The third kappa shape index (κ3) is 2.50. The minimum absolute atomic E-state index is 0.618. The zero-order valence-electron chi connectivity index (χ0n) is 11.2. The fourth-order valence-corrected chi connectivity index (χ4v) is 1.91. The average Bonchev–Trinajstić information content (AvgIpc) is 2.84. The topological polar surface area (TPSA) is 69.0 Å². The van der Waals surface area contributed by atoms with Crippen LogP contribution in [0.2, 0.25) is 0 Å². The Balaban J connectivity index is 2.12. The summed E-state index contributed by atoms with van der Waals surface area (Å²) in [6, 6.07) is 3.92. The second kappa shape index (κ2) is 5.16. The lowest BCUT2D eigenvalue weighted by molar-refractivity contribution is 0.489. The first-order valence-electron chi connectivity index (χ1n) is 6.24. The first-order valence-corrected chi connectivity index (χ1v) is 6.24. The number of hydrogen-bond donors (Lipinski definition) is 2. The molecule has 0 aliphatic carbocycles. The summed E-state index contributed by atoms with van der Waals surface area (Å²) in [6.45, 7) is 7.45. The van der Waals surface area contributed by atoms with E-state index in [-0.39, 0.29) is 0 Å². The zero-order chi connectivity index (χ0) is 13.1. The highest BCUT2D eigenvalue weighted by atomic mass is 16.3. The van der Waals surface area contributed by atoms with Crippen molar-refractivity contribution in [3.63, 3.8) is 0 Å². The Morgan fingerprint density at radius 3 is 2.78 bits per heavy atom. The van der Waals surface area contributed by atoms with E-state index in [9.17, 15) is 0 Å². The number of anilines is 2. The molecule has 0 spiro atoms. The number of rotatable bonds is 5.